The van der Waals surface area contributed by atoms with Crippen LogP contribution in [0.3, 0.4) is 0 Å². The second kappa shape index (κ2) is 10.0. The molecular formula is C25H28ClF2NO7S2. The van der Waals surface area contributed by atoms with Crippen molar-refractivity contribution in [3.63, 3.8) is 0 Å². The molecule has 2 heterocycles. The minimum Gasteiger partial charge on any atom is -0.490 e. The van der Waals surface area contributed by atoms with E-state index in [2.05, 4.69) is 4.72 Å². The van der Waals surface area contributed by atoms with Gasteiger partial charge in [-0.2, -0.15) is 0 Å². The van der Waals surface area contributed by atoms with Crippen LogP contribution in [0, 0.1) is 23.5 Å². The van der Waals surface area contributed by atoms with Crippen LogP contribution >= 0.6 is 11.6 Å². The quantitative estimate of drug-likeness (QED) is 0.532. The third-order valence-corrected chi connectivity index (χ3v) is 12.7. The van der Waals surface area contributed by atoms with Crippen molar-refractivity contribution in [2.45, 2.75) is 60.5 Å². The second-order valence-electron chi connectivity index (χ2n) is 9.76. The van der Waals surface area contributed by atoms with E-state index < -0.39 is 76.7 Å². The molecule has 0 aromatic heterocycles. The zero-order chi connectivity index (χ0) is 26.8. The first-order chi connectivity index (χ1) is 17.4. The van der Waals surface area contributed by atoms with E-state index in [4.69, 9.17) is 21.4 Å². The van der Waals surface area contributed by atoms with Gasteiger partial charge >= 0.3 is 5.97 Å². The van der Waals surface area contributed by atoms with E-state index in [0.717, 1.165) is 12.1 Å². The Morgan fingerprint density at radius 3 is 2.47 bits per heavy atom. The smallest absolute Gasteiger partial charge is 0.303 e. The average Bonchev–Trinajstić information content (AvgIpc) is 2.84. The molecule has 2 aromatic rings. The number of aliphatic carboxylic acids is 1. The van der Waals surface area contributed by atoms with Gasteiger partial charge in [-0.3, -0.25) is 4.79 Å². The zero-order valence-electron chi connectivity index (χ0n) is 19.4. The average molecular weight is 592 g/mol. The monoisotopic (exact) mass is 591 g/mol. The summed E-state index contributed by atoms with van der Waals surface area (Å²) in [7, 11) is -8.26. The summed E-state index contributed by atoms with van der Waals surface area (Å²) < 4.78 is 91.1. The summed E-state index contributed by atoms with van der Waals surface area (Å²) in [5, 5.41) is 8.30. The van der Waals surface area contributed by atoms with Crippen LogP contribution in [0.1, 0.15) is 45.1 Å². The molecule has 2 aromatic carbocycles. The maximum absolute atomic E-state index is 15.5. The molecule has 1 aliphatic carbocycles. The SMILES string of the molecule is C.O=C(O)CC[C@@H]1C[C@@H]2[C@@H](CC[C@@]3(S(=O)(=O)c4ccc(Cl)cc4)c4c(F)ccc(F)c4OC[C@@H]23)NS1(=O)=O. The van der Waals surface area contributed by atoms with Crippen molar-refractivity contribution in [2.75, 3.05) is 6.61 Å². The zero-order valence-corrected chi connectivity index (χ0v) is 21.8. The molecule has 1 saturated carbocycles. The summed E-state index contributed by atoms with van der Waals surface area (Å²) in [6.45, 7) is -0.283. The maximum Gasteiger partial charge on any atom is 0.303 e. The summed E-state index contributed by atoms with van der Waals surface area (Å²) in [6, 6.07) is 6.48. The van der Waals surface area contributed by atoms with E-state index in [-0.39, 0.29) is 51.0 Å². The number of sulfone groups is 1. The van der Waals surface area contributed by atoms with E-state index in [1.54, 1.807) is 0 Å². The number of nitrogens with one attached hydrogen (secondary N) is 1. The lowest BCUT2D eigenvalue weighted by Gasteiger charge is -2.54. The normalized spacial score (nSPS) is 29.6. The molecule has 3 aliphatic rings. The van der Waals surface area contributed by atoms with Gasteiger partial charge in [-0.25, -0.2) is 30.3 Å². The van der Waals surface area contributed by atoms with Crippen molar-refractivity contribution in [2.24, 2.45) is 11.8 Å². The number of carbonyl (C=O) groups is 1. The van der Waals surface area contributed by atoms with Crippen molar-refractivity contribution in [1.29, 1.82) is 0 Å². The molecule has 2 fully saturated rings. The highest BCUT2D eigenvalue weighted by Crippen LogP contribution is 2.59. The number of ether oxygens (including phenoxy) is 1. The molecule has 0 bridgehead atoms. The number of carboxylic acid groups (broad SMARTS) is 1. The number of carboxylic acids is 1. The highest BCUT2D eigenvalue weighted by molar-refractivity contribution is 7.92. The van der Waals surface area contributed by atoms with E-state index in [1.165, 1.54) is 24.3 Å². The summed E-state index contributed by atoms with van der Waals surface area (Å²) in [5.41, 5.74) is -0.396. The number of benzene rings is 2. The molecule has 13 heteroatoms. The van der Waals surface area contributed by atoms with E-state index in [9.17, 15) is 26.0 Å². The van der Waals surface area contributed by atoms with Crippen LogP contribution < -0.4 is 9.46 Å². The molecule has 8 nitrogen and oxygen atoms in total. The van der Waals surface area contributed by atoms with E-state index in [1.807, 2.05) is 0 Å². The van der Waals surface area contributed by atoms with Crippen molar-refractivity contribution >= 4 is 37.4 Å². The summed E-state index contributed by atoms with van der Waals surface area (Å²) in [4.78, 5) is 11.0. The van der Waals surface area contributed by atoms with E-state index in [0.29, 0.717) is 5.02 Å². The Kier molecular flexibility index (Phi) is 7.59. The Bertz CT molecular complexity index is 1470. The molecule has 1 saturated heterocycles. The highest BCUT2D eigenvalue weighted by Gasteiger charge is 2.64. The number of hydrogen-bond donors (Lipinski definition) is 2. The summed E-state index contributed by atoms with van der Waals surface area (Å²) in [6.07, 6.45) is -0.721. The molecule has 0 spiro atoms. The Balaban J connectivity index is 0.00000336. The van der Waals surface area contributed by atoms with Crippen LogP contribution in [0.5, 0.6) is 5.75 Å². The van der Waals surface area contributed by atoms with Gasteiger partial charge in [-0.05, 0) is 68.0 Å². The predicted molar refractivity (Wildman–Crippen MR) is 136 cm³/mol. The van der Waals surface area contributed by atoms with Gasteiger partial charge in [-0.15, -0.1) is 0 Å². The first-order valence-corrected chi connectivity index (χ1v) is 15.1. The molecular weight excluding hydrogens is 564 g/mol. The third-order valence-electron chi connectivity index (χ3n) is 7.92. The Hall–Kier alpha value is -2.28. The summed E-state index contributed by atoms with van der Waals surface area (Å²) in [5.74, 6) is -5.03. The molecule has 5 atom stereocenters. The predicted octanol–water partition coefficient (Wildman–Crippen LogP) is 4.27. The first-order valence-electron chi connectivity index (χ1n) is 11.7. The Morgan fingerprint density at radius 1 is 1.16 bits per heavy atom. The standard InChI is InChI=1S/C24H24ClF2NO7S2.CH4/c25-13-1-3-14(4-2-13)36(31,32)24-10-9-20-16(11-15(5-8-21(29)30)37(33,34)28-20)17(24)12-35-23-19(27)7-6-18(26)22(23)24;/h1-4,6-7,15-17,20,28H,5,8-12H2,(H,29,30);1H4/t15-,16+,17+,20-,24+;/m1./s1. The molecule has 0 radical (unpaired) electrons. The van der Waals surface area contributed by atoms with Crippen molar-refractivity contribution in [3.05, 3.63) is 58.6 Å². The molecule has 38 heavy (non-hydrogen) atoms. The molecule has 0 unspecified atom stereocenters. The molecule has 0 amide bonds. The largest absolute Gasteiger partial charge is 0.490 e. The fourth-order valence-corrected chi connectivity index (χ4v) is 10.6. The van der Waals surface area contributed by atoms with Gasteiger partial charge in [0.1, 0.15) is 10.6 Å². The lowest BCUT2D eigenvalue weighted by Crippen LogP contribution is -2.63. The lowest BCUT2D eigenvalue weighted by atomic mass is 9.64. The molecule has 2 aliphatic heterocycles. The number of sulfonamides is 1. The van der Waals surface area contributed by atoms with Gasteiger partial charge in [0.25, 0.3) is 0 Å². The van der Waals surface area contributed by atoms with Crippen LogP contribution in [0.15, 0.2) is 41.3 Å². The van der Waals surface area contributed by atoms with Gasteiger partial charge in [-0.1, -0.05) is 19.0 Å². The van der Waals surface area contributed by atoms with Gasteiger partial charge in [0.2, 0.25) is 10.0 Å². The number of halogens is 3. The second-order valence-corrected chi connectivity index (χ2v) is 14.4. The van der Waals surface area contributed by atoms with Crippen LogP contribution in [-0.2, 0) is 29.4 Å². The third kappa shape index (κ3) is 4.39. The summed E-state index contributed by atoms with van der Waals surface area (Å²) >= 11 is 5.96. The molecule has 5 rings (SSSR count). The van der Waals surface area contributed by atoms with Crippen molar-refractivity contribution in [1.82, 2.24) is 4.72 Å². The minimum absolute atomic E-state index is 0. The number of hydrogen-bond acceptors (Lipinski definition) is 6. The Morgan fingerprint density at radius 2 is 1.82 bits per heavy atom. The minimum atomic E-state index is -4.39. The fraction of sp³-hybridized carbons (Fsp3) is 0.480. The Labute approximate surface area is 225 Å². The molecule has 2 N–H and O–H groups in total. The molecule has 208 valence electrons. The number of fused-ring (bicyclic) bond motifs is 5. The van der Waals surface area contributed by atoms with Gasteiger partial charge in [0.05, 0.1) is 22.3 Å². The number of rotatable bonds is 5. The van der Waals surface area contributed by atoms with Crippen molar-refractivity contribution in [3.8, 4) is 5.75 Å². The van der Waals surface area contributed by atoms with Crippen LogP contribution in [0.4, 0.5) is 8.78 Å². The fourth-order valence-electron chi connectivity index (χ4n) is 6.27. The van der Waals surface area contributed by atoms with Crippen LogP contribution in [-0.4, -0.2) is 45.8 Å². The highest BCUT2D eigenvalue weighted by atomic mass is 35.5. The van der Waals surface area contributed by atoms with Gasteiger partial charge in [0.15, 0.2) is 21.4 Å². The van der Waals surface area contributed by atoms with E-state index >= 15 is 4.39 Å². The van der Waals surface area contributed by atoms with Gasteiger partial charge < -0.3 is 9.84 Å². The van der Waals surface area contributed by atoms with Crippen molar-refractivity contribution < 1.29 is 40.3 Å². The van der Waals surface area contributed by atoms with Crippen LogP contribution in [0.25, 0.3) is 0 Å². The van der Waals surface area contributed by atoms with Crippen LogP contribution in [0.2, 0.25) is 5.02 Å². The topological polar surface area (TPSA) is 127 Å². The first kappa shape index (κ1) is 28.7. The van der Waals surface area contributed by atoms with Gasteiger partial charge in [0, 0.05) is 23.4 Å². The lowest BCUT2D eigenvalue weighted by molar-refractivity contribution is -0.137. The maximum atomic E-state index is 15.5.